The summed E-state index contributed by atoms with van der Waals surface area (Å²) in [5.74, 6) is -0.398. The summed E-state index contributed by atoms with van der Waals surface area (Å²) in [5, 5.41) is 2.92. The van der Waals surface area contributed by atoms with Crippen LogP contribution in [0.2, 0.25) is 0 Å². The number of nitrogens with zero attached hydrogens (tertiary/aromatic N) is 4. The first-order chi connectivity index (χ1) is 14.1. The third-order valence-electron chi connectivity index (χ3n) is 4.97. The van der Waals surface area contributed by atoms with E-state index < -0.39 is 5.91 Å². The molecule has 0 unspecified atom stereocenters. The van der Waals surface area contributed by atoms with Crippen molar-refractivity contribution in [1.29, 1.82) is 0 Å². The second-order valence-electron chi connectivity index (χ2n) is 6.97. The van der Waals surface area contributed by atoms with Gasteiger partial charge in [-0.15, -0.1) is 0 Å². The minimum absolute atomic E-state index is 0.126. The molecule has 4 heterocycles. The lowest BCUT2D eigenvalue weighted by atomic mass is 10.1. The van der Waals surface area contributed by atoms with E-state index >= 15 is 0 Å². The maximum Gasteiger partial charge on any atom is 0.276 e. The van der Waals surface area contributed by atoms with Crippen LogP contribution in [0.25, 0.3) is 11.4 Å². The third kappa shape index (κ3) is 3.96. The number of rotatable bonds is 4. The maximum atomic E-state index is 13.0. The fourth-order valence-corrected chi connectivity index (χ4v) is 3.49. The number of pyridine rings is 3. The number of carbonyl (C=O) groups excluding carboxylic acids is 1. The van der Waals surface area contributed by atoms with Gasteiger partial charge in [0, 0.05) is 25.5 Å². The second-order valence-corrected chi connectivity index (χ2v) is 6.97. The number of carbonyl (C=O) groups is 1. The van der Waals surface area contributed by atoms with Crippen molar-refractivity contribution >= 4 is 28.7 Å². The fraction of sp³-hybridized carbons (Fsp3) is 0.238. The number of amides is 1. The lowest BCUT2D eigenvalue weighted by Crippen LogP contribution is -2.30. The number of nitrogens with one attached hydrogen (secondary N) is 1. The Morgan fingerprint density at radius 2 is 1.83 bits per heavy atom. The zero-order chi connectivity index (χ0) is 20.2. The van der Waals surface area contributed by atoms with E-state index in [4.69, 9.17) is 11.5 Å². The van der Waals surface area contributed by atoms with E-state index in [0.29, 0.717) is 22.8 Å². The molecule has 4 rings (SSSR count). The fourth-order valence-electron chi connectivity index (χ4n) is 3.49. The molecule has 1 saturated heterocycles. The van der Waals surface area contributed by atoms with Crippen LogP contribution in [0, 0.1) is 0 Å². The minimum atomic E-state index is -0.398. The Kier molecular flexibility index (Phi) is 5.24. The Labute approximate surface area is 169 Å². The van der Waals surface area contributed by atoms with Crippen LogP contribution >= 0.6 is 0 Å². The molecule has 8 heteroatoms. The van der Waals surface area contributed by atoms with Crippen LogP contribution in [0.4, 0.5) is 22.7 Å². The number of nitrogen functional groups attached to an aromatic ring is 2. The van der Waals surface area contributed by atoms with Gasteiger partial charge < -0.3 is 21.7 Å². The zero-order valence-corrected chi connectivity index (χ0v) is 16.0. The Morgan fingerprint density at radius 3 is 2.62 bits per heavy atom. The van der Waals surface area contributed by atoms with Crippen molar-refractivity contribution in [2.75, 3.05) is 34.8 Å². The minimum Gasteiger partial charge on any atom is -0.397 e. The Balaban J connectivity index is 1.63. The van der Waals surface area contributed by atoms with Crippen molar-refractivity contribution in [2.24, 2.45) is 0 Å². The summed E-state index contributed by atoms with van der Waals surface area (Å²) in [7, 11) is 0. The molecule has 0 saturated carbocycles. The van der Waals surface area contributed by atoms with Gasteiger partial charge in [-0.2, -0.15) is 0 Å². The molecular weight excluding hydrogens is 366 g/mol. The van der Waals surface area contributed by atoms with Crippen LogP contribution in [-0.2, 0) is 0 Å². The summed E-state index contributed by atoms with van der Waals surface area (Å²) < 4.78 is 0. The first-order valence-electron chi connectivity index (χ1n) is 9.61. The Morgan fingerprint density at radius 1 is 1.00 bits per heavy atom. The summed E-state index contributed by atoms with van der Waals surface area (Å²) in [4.78, 5) is 28.1. The monoisotopic (exact) mass is 389 g/mol. The van der Waals surface area contributed by atoms with Crippen LogP contribution in [0.15, 0.2) is 48.9 Å². The van der Waals surface area contributed by atoms with Gasteiger partial charge in [0.2, 0.25) is 0 Å². The van der Waals surface area contributed by atoms with Crippen molar-refractivity contribution < 1.29 is 4.79 Å². The molecule has 148 valence electrons. The van der Waals surface area contributed by atoms with Gasteiger partial charge in [0.25, 0.3) is 5.91 Å². The van der Waals surface area contributed by atoms with Crippen LogP contribution in [-0.4, -0.2) is 33.9 Å². The summed E-state index contributed by atoms with van der Waals surface area (Å²) in [5.41, 5.74) is 15.5. The molecule has 0 atom stereocenters. The molecule has 29 heavy (non-hydrogen) atoms. The molecule has 8 nitrogen and oxygen atoms in total. The number of piperidine rings is 1. The zero-order valence-electron chi connectivity index (χ0n) is 16.0. The van der Waals surface area contributed by atoms with Crippen LogP contribution in [0.3, 0.4) is 0 Å². The van der Waals surface area contributed by atoms with E-state index in [1.54, 1.807) is 42.9 Å². The smallest absolute Gasteiger partial charge is 0.276 e. The van der Waals surface area contributed by atoms with Crippen LogP contribution in [0.5, 0.6) is 0 Å². The SMILES string of the molecule is Nc1ccc(-c2ncccc2N)nc1C(=O)Nc1cnccc1N1CCCCC1. The quantitative estimate of drug-likeness (QED) is 0.627. The van der Waals surface area contributed by atoms with Crippen LogP contribution in [0.1, 0.15) is 29.8 Å². The topological polar surface area (TPSA) is 123 Å². The molecule has 3 aromatic heterocycles. The standard InChI is InChI=1S/C21H23N7O/c22-14-5-4-9-25-19(14)16-7-6-15(23)20(26-16)21(29)27-17-13-24-10-8-18(17)28-11-2-1-3-12-28/h4-10,13H,1-3,11-12,22-23H2,(H,27,29). The Hall–Kier alpha value is -3.68. The Bertz CT molecular complexity index is 1030. The van der Waals surface area contributed by atoms with Gasteiger partial charge in [0.05, 0.1) is 34.6 Å². The van der Waals surface area contributed by atoms with Gasteiger partial charge in [-0.3, -0.25) is 14.8 Å². The van der Waals surface area contributed by atoms with Crippen molar-refractivity contribution in [1.82, 2.24) is 15.0 Å². The van der Waals surface area contributed by atoms with E-state index in [1.165, 1.54) is 6.42 Å². The van der Waals surface area contributed by atoms with Crippen LogP contribution < -0.4 is 21.7 Å². The maximum absolute atomic E-state index is 13.0. The highest BCUT2D eigenvalue weighted by Crippen LogP contribution is 2.29. The third-order valence-corrected chi connectivity index (χ3v) is 4.97. The normalized spacial score (nSPS) is 13.9. The largest absolute Gasteiger partial charge is 0.397 e. The highest BCUT2D eigenvalue weighted by Gasteiger charge is 2.19. The van der Waals surface area contributed by atoms with Gasteiger partial charge in [0.1, 0.15) is 5.69 Å². The number of aromatic nitrogens is 3. The number of anilines is 4. The first-order valence-corrected chi connectivity index (χ1v) is 9.61. The highest BCUT2D eigenvalue weighted by molar-refractivity contribution is 6.08. The van der Waals surface area contributed by atoms with E-state index in [1.807, 2.05) is 6.07 Å². The van der Waals surface area contributed by atoms with E-state index in [9.17, 15) is 4.79 Å². The summed E-state index contributed by atoms with van der Waals surface area (Å²) in [6, 6.07) is 8.74. The predicted molar refractivity (Wildman–Crippen MR) is 115 cm³/mol. The molecule has 0 radical (unpaired) electrons. The molecule has 0 bridgehead atoms. The van der Waals surface area contributed by atoms with Gasteiger partial charge in [-0.05, 0) is 49.6 Å². The lowest BCUT2D eigenvalue weighted by molar-refractivity contribution is 0.102. The number of hydrogen-bond acceptors (Lipinski definition) is 7. The predicted octanol–water partition coefficient (Wildman–Crippen LogP) is 2.95. The summed E-state index contributed by atoms with van der Waals surface area (Å²) in [6.45, 7) is 1.92. The molecule has 1 amide bonds. The molecule has 0 aromatic carbocycles. The van der Waals surface area contributed by atoms with Crippen molar-refractivity contribution in [2.45, 2.75) is 19.3 Å². The highest BCUT2D eigenvalue weighted by atomic mass is 16.1. The van der Waals surface area contributed by atoms with E-state index in [0.717, 1.165) is 31.6 Å². The average molecular weight is 389 g/mol. The molecule has 1 fully saturated rings. The molecule has 5 N–H and O–H groups in total. The average Bonchev–Trinajstić information content (AvgIpc) is 2.75. The molecule has 0 spiro atoms. The van der Waals surface area contributed by atoms with Crippen molar-refractivity contribution in [3.8, 4) is 11.4 Å². The molecule has 1 aliphatic heterocycles. The molecule has 1 aliphatic rings. The van der Waals surface area contributed by atoms with Gasteiger partial charge in [0.15, 0.2) is 5.69 Å². The van der Waals surface area contributed by atoms with Crippen molar-refractivity contribution in [3.63, 3.8) is 0 Å². The molecular formula is C21H23N7O. The summed E-state index contributed by atoms with van der Waals surface area (Å²) >= 11 is 0. The van der Waals surface area contributed by atoms with Gasteiger partial charge in [-0.25, -0.2) is 4.98 Å². The van der Waals surface area contributed by atoms with Crippen molar-refractivity contribution in [3.05, 3.63) is 54.6 Å². The summed E-state index contributed by atoms with van der Waals surface area (Å²) in [6.07, 6.45) is 8.52. The van der Waals surface area contributed by atoms with Gasteiger partial charge in [-0.1, -0.05) is 0 Å². The lowest BCUT2D eigenvalue weighted by Gasteiger charge is -2.30. The van der Waals surface area contributed by atoms with Gasteiger partial charge >= 0.3 is 0 Å². The van der Waals surface area contributed by atoms with E-state index in [-0.39, 0.29) is 11.4 Å². The second kappa shape index (κ2) is 8.14. The number of nitrogens with two attached hydrogens (primary N) is 2. The number of hydrogen-bond donors (Lipinski definition) is 3. The first kappa shape index (κ1) is 18.7. The van der Waals surface area contributed by atoms with E-state index in [2.05, 4.69) is 25.2 Å². The molecule has 0 aliphatic carbocycles. The molecule has 3 aromatic rings.